The Kier molecular flexibility index (Phi) is 3.84. The van der Waals surface area contributed by atoms with Gasteiger partial charge in [-0.3, -0.25) is 4.79 Å². The highest BCUT2D eigenvalue weighted by Crippen LogP contribution is 2.18. The van der Waals surface area contributed by atoms with E-state index in [9.17, 15) is 4.79 Å². The highest BCUT2D eigenvalue weighted by atomic mass is 127. The Morgan fingerprint density at radius 2 is 2.31 bits per heavy atom. The molecule has 1 heterocycles. The Morgan fingerprint density at radius 1 is 1.50 bits per heavy atom. The van der Waals surface area contributed by atoms with Gasteiger partial charge in [-0.15, -0.1) is 0 Å². The lowest BCUT2D eigenvalue weighted by molar-refractivity contribution is 0.0683. The van der Waals surface area contributed by atoms with Gasteiger partial charge in [0.15, 0.2) is 0 Å². The molecule has 3 heteroatoms. The molecule has 0 aromatic heterocycles. The number of likely N-dealkylation sites (tertiary alicyclic amines) is 1. The third-order valence-corrected chi connectivity index (χ3v) is 3.69. The monoisotopic (exact) mass is 329 g/mol. The maximum atomic E-state index is 12.2. The summed E-state index contributed by atoms with van der Waals surface area (Å²) in [6.07, 6.45) is 2.38. The van der Waals surface area contributed by atoms with Gasteiger partial charge < -0.3 is 4.90 Å². The summed E-state index contributed by atoms with van der Waals surface area (Å²) in [6.45, 7) is 4.03. The third-order valence-electron chi connectivity index (χ3n) is 3.02. The first-order valence-electron chi connectivity index (χ1n) is 5.71. The fraction of sp³-hybridized carbons (Fsp3) is 0.462. The van der Waals surface area contributed by atoms with Crippen LogP contribution in [0, 0.1) is 9.49 Å². The van der Waals surface area contributed by atoms with Crippen molar-refractivity contribution in [3.63, 3.8) is 0 Å². The first kappa shape index (κ1) is 11.9. The number of rotatable bonds is 1. The number of hydrogen-bond donors (Lipinski definition) is 0. The van der Waals surface area contributed by atoms with Crippen molar-refractivity contribution in [2.45, 2.75) is 19.8 Å². The van der Waals surface area contributed by atoms with Gasteiger partial charge in [0, 0.05) is 22.2 Å². The van der Waals surface area contributed by atoms with Gasteiger partial charge in [-0.2, -0.15) is 0 Å². The minimum atomic E-state index is 0.185. The lowest BCUT2D eigenvalue weighted by Crippen LogP contribution is -2.39. The van der Waals surface area contributed by atoms with Crippen LogP contribution in [0.15, 0.2) is 24.3 Å². The van der Waals surface area contributed by atoms with Crippen molar-refractivity contribution in [2.24, 2.45) is 5.92 Å². The molecule has 0 aliphatic carbocycles. The molecule has 0 bridgehead atoms. The Morgan fingerprint density at radius 3 is 3.00 bits per heavy atom. The molecule has 2 nitrogen and oxygen atoms in total. The maximum Gasteiger partial charge on any atom is 0.253 e. The van der Waals surface area contributed by atoms with Crippen LogP contribution in [0.3, 0.4) is 0 Å². The Balaban J connectivity index is 2.12. The topological polar surface area (TPSA) is 20.3 Å². The van der Waals surface area contributed by atoms with Gasteiger partial charge >= 0.3 is 0 Å². The number of hydrogen-bond acceptors (Lipinski definition) is 1. The number of amides is 1. The Hall–Kier alpha value is -0.580. The summed E-state index contributed by atoms with van der Waals surface area (Å²) in [7, 11) is 0. The Labute approximate surface area is 110 Å². The zero-order valence-electron chi connectivity index (χ0n) is 9.45. The van der Waals surface area contributed by atoms with E-state index in [4.69, 9.17) is 0 Å². The average molecular weight is 329 g/mol. The van der Waals surface area contributed by atoms with Gasteiger partial charge in [0.25, 0.3) is 5.91 Å². The van der Waals surface area contributed by atoms with Gasteiger partial charge in [0.05, 0.1) is 0 Å². The number of nitrogens with zero attached hydrogens (tertiary/aromatic N) is 1. The van der Waals surface area contributed by atoms with E-state index in [-0.39, 0.29) is 5.91 Å². The molecule has 1 amide bonds. The fourth-order valence-electron chi connectivity index (χ4n) is 2.18. The zero-order chi connectivity index (χ0) is 11.5. The smallest absolute Gasteiger partial charge is 0.253 e. The standard InChI is InChI=1S/C13H16INO/c1-10-4-3-7-15(9-10)13(16)11-5-2-6-12(14)8-11/h2,5-6,8,10H,3-4,7,9H2,1H3. The van der Waals surface area contributed by atoms with Gasteiger partial charge in [-0.1, -0.05) is 13.0 Å². The van der Waals surface area contributed by atoms with Gasteiger partial charge in [0.2, 0.25) is 0 Å². The van der Waals surface area contributed by atoms with E-state index >= 15 is 0 Å². The average Bonchev–Trinajstić information content (AvgIpc) is 2.28. The van der Waals surface area contributed by atoms with Crippen molar-refractivity contribution in [1.82, 2.24) is 4.90 Å². The number of carbonyl (C=O) groups excluding carboxylic acids is 1. The highest BCUT2D eigenvalue weighted by Gasteiger charge is 2.21. The second-order valence-corrected chi connectivity index (χ2v) is 5.75. The van der Waals surface area contributed by atoms with Gasteiger partial charge in [0.1, 0.15) is 0 Å². The molecule has 1 fully saturated rings. The fourth-order valence-corrected chi connectivity index (χ4v) is 2.72. The van der Waals surface area contributed by atoms with E-state index in [0.29, 0.717) is 5.92 Å². The normalized spacial score (nSPS) is 20.9. The summed E-state index contributed by atoms with van der Waals surface area (Å²) in [4.78, 5) is 14.2. The lowest BCUT2D eigenvalue weighted by Gasteiger charge is -2.31. The SMILES string of the molecule is CC1CCCN(C(=O)c2cccc(I)c2)C1. The van der Waals surface area contributed by atoms with Crippen LogP contribution in [-0.4, -0.2) is 23.9 Å². The lowest BCUT2D eigenvalue weighted by atomic mass is 9.99. The second-order valence-electron chi connectivity index (χ2n) is 4.51. The molecular formula is C13H16INO. The number of halogens is 1. The van der Waals surface area contributed by atoms with E-state index in [1.807, 2.05) is 29.2 Å². The molecule has 1 aliphatic heterocycles. The molecule has 0 spiro atoms. The zero-order valence-corrected chi connectivity index (χ0v) is 11.6. The molecule has 1 unspecified atom stereocenters. The summed E-state index contributed by atoms with van der Waals surface area (Å²) < 4.78 is 1.12. The van der Waals surface area contributed by atoms with E-state index in [0.717, 1.165) is 28.6 Å². The molecule has 1 aromatic carbocycles. The minimum absolute atomic E-state index is 0.185. The van der Waals surface area contributed by atoms with Crippen molar-refractivity contribution < 1.29 is 4.79 Å². The summed E-state index contributed by atoms with van der Waals surface area (Å²) in [5.41, 5.74) is 0.820. The van der Waals surface area contributed by atoms with Crippen molar-refractivity contribution in [2.75, 3.05) is 13.1 Å². The molecule has 1 aromatic rings. The quantitative estimate of drug-likeness (QED) is 0.725. The van der Waals surface area contributed by atoms with Crippen LogP contribution in [0.4, 0.5) is 0 Å². The largest absolute Gasteiger partial charge is 0.338 e. The summed E-state index contributed by atoms with van der Waals surface area (Å²) in [5.74, 6) is 0.825. The van der Waals surface area contributed by atoms with Crippen LogP contribution in [0.25, 0.3) is 0 Å². The van der Waals surface area contributed by atoms with Crippen LogP contribution in [0.5, 0.6) is 0 Å². The second kappa shape index (κ2) is 5.17. The molecule has 1 atom stereocenters. The van der Waals surface area contributed by atoms with Gasteiger partial charge in [-0.05, 0) is 59.5 Å². The molecule has 16 heavy (non-hydrogen) atoms. The Bertz CT molecular complexity index is 391. The summed E-state index contributed by atoms with van der Waals surface area (Å²) in [5, 5.41) is 0. The number of piperidine rings is 1. The third kappa shape index (κ3) is 2.75. The molecule has 1 aliphatic rings. The van der Waals surface area contributed by atoms with Crippen molar-refractivity contribution in [3.05, 3.63) is 33.4 Å². The minimum Gasteiger partial charge on any atom is -0.338 e. The molecule has 0 N–H and O–H groups in total. The van der Waals surface area contributed by atoms with Crippen LogP contribution in [0.1, 0.15) is 30.1 Å². The molecule has 0 radical (unpaired) electrons. The molecule has 0 saturated carbocycles. The van der Waals surface area contributed by atoms with Crippen molar-refractivity contribution in [1.29, 1.82) is 0 Å². The first-order chi connectivity index (χ1) is 7.66. The van der Waals surface area contributed by atoms with E-state index < -0.39 is 0 Å². The highest BCUT2D eigenvalue weighted by molar-refractivity contribution is 14.1. The first-order valence-corrected chi connectivity index (χ1v) is 6.79. The molecule has 86 valence electrons. The van der Waals surface area contributed by atoms with Crippen LogP contribution >= 0.6 is 22.6 Å². The van der Waals surface area contributed by atoms with E-state index in [2.05, 4.69) is 29.5 Å². The van der Waals surface area contributed by atoms with Gasteiger partial charge in [-0.25, -0.2) is 0 Å². The van der Waals surface area contributed by atoms with E-state index in [1.165, 1.54) is 6.42 Å². The summed E-state index contributed by atoms with van der Waals surface area (Å²) in [6, 6.07) is 7.82. The van der Waals surface area contributed by atoms with Crippen molar-refractivity contribution in [3.8, 4) is 0 Å². The van der Waals surface area contributed by atoms with E-state index in [1.54, 1.807) is 0 Å². The van der Waals surface area contributed by atoms with Crippen LogP contribution < -0.4 is 0 Å². The summed E-state index contributed by atoms with van der Waals surface area (Å²) >= 11 is 2.24. The van der Waals surface area contributed by atoms with Crippen LogP contribution in [0.2, 0.25) is 0 Å². The molecular weight excluding hydrogens is 313 g/mol. The molecule has 1 saturated heterocycles. The maximum absolute atomic E-state index is 12.2. The predicted octanol–water partition coefficient (Wildman–Crippen LogP) is 3.16. The number of benzene rings is 1. The van der Waals surface area contributed by atoms with Crippen LogP contribution in [-0.2, 0) is 0 Å². The predicted molar refractivity (Wildman–Crippen MR) is 73.5 cm³/mol. The van der Waals surface area contributed by atoms with Crippen molar-refractivity contribution >= 4 is 28.5 Å². The number of carbonyl (C=O) groups is 1. The molecule has 2 rings (SSSR count).